The summed E-state index contributed by atoms with van der Waals surface area (Å²) in [6.07, 6.45) is 5.99. The van der Waals surface area contributed by atoms with Crippen LogP contribution in [0.4, 0.5) is 0 Å². The smallest absolute Gasteiger partial charge is 0.0897 e. The Morgan fingerprint density at radius 2 is 2.27 bits per heavy atom. The Labute approximate surface area is 93.2 Å². The maximum absolute atomic E-state index is 9.56. The van der Waals surface area contributed by atoms with Crippen LogP contribution in [0, 0.1) is 5.92 Å². The monoisotopic (exact) mass is 215 g/mol. The summed E-state index contributed by atoms with van der Waals surface area (Å²) in [5.41, 5.74) is 0. The van der Waals surface area contributed by atoms with Crippen LogP contribution in [0.3, 0.4) is 0 Å². The minimum atomic E-state index is -0.345. The van der Waals surface area contributed by atoms with Crippen molar-refractivity contribution >= 4 is 0 Å². The third kappa shape index (κ3) is 6.13. The molecule has 0 aromatic rings. The molecule has 3 heteroatoms. The van der Waals surface area contributed by atoms with Gasteiger partial charge in [-0.3, -0.25) is 0 Å². The maximum atomic E-state index is 9.56. The van der Waals surface area contributed by atoms with E-state index in [4.69, 9.17) is 4.74 Å². The molecule has 1 aliphatic carbocycles. The lowest BCUT2D eigenvalue weighted by molar-refractivity contribution is 0.0351. The first-order chi connectivity index (χ1) is 7.33. The Kier molecular flexibility index (Phi) is 6.98. The molecule has 0 amide bonds. The number of hydrogen-bond donors (Lipinski definition) is 2. The number of nitrogens with one attached hydrogen (secondary N) is 1. The van der Waals surface area contributed by atoms with Gasteiger partial charge in [0.15, 0.2) is 0 Å². The van der Waals surface area contributed by atoms with Crippen LogP contribution in [-0.2, 0) is 4.74 Å². The highest BCUT2D eigenvalue weighted by atomic mass is 16.5. The van der Waals surface area contributed by atoms with Crippen LogP contribution in [0.2, 0.25) is 0 Å². The van der Waals surface area contributed by atoms with Gasteiger partial charge in [0.2, 0.25) is 0 Å². The summed E-state index contributed by atoms with van der Waals surface area (Å²) in [7, 11) is 0. The van der Waals surface area contributed by atoms with Crippen LogP contribution in [0.5, 0.6) is 0 Å². The molecule has 0 heterocycles. The van der Waals surface area contributed by atoms with Crippen LogP contribution in [0.1, 0.15) is 39.0 Å². The lowest BCUT2D eigenvalue weighted by Gasteiger charge is -2.26. The zero-order chi connectivity index (χ0) is 10.9. The van der Waals surface area contributed by atoms with Crippen LogP contribution in [0.15, 0.2) is 0 Å². The van der Waals surface area contributed by atoms with E-state index in [0.717, 1.165) is 31.9 Å². The van der Waals surface area contributed by atoms with Crippen molar-refractivity contribution in [2.75, 3.05) is 26.3 Å². The van der Waals surface area contributed by atoms with Crippen LogP contribution >= 0.6 is 0 Å². The van der Waals surface area contributed by atoms with E-state index in [1.165, 1.54) is 19.3 Å². The van der Waals surface area contributed by atoms with Gasteiger partial charge in [-0.2, -0.15) is 0 Å². The summed E-state index contributed by atoms with van der Waals surface area (Å²) in [5, 5.41) is 12.9. The molecule has 0 aromatic heterocycles. The molecule has 0 spiro atoms. The van der Waals surface area contributed by atoms with Crippen molar-refractivity contribution in [2.45, 2.75) is 45.1 Å². The molecule has 0 aliphatic heterocycles. The Hall–Kier alpha value is -0.120. The average Bonchev–Trinajstić information content (AvgIpc) is 2.17. The van der Waals surface area contributed by atoms with Gasteiger partial charge >= 0.3 is 0 Å². The molecule has 3 nitrogen and oxygen atoms in total. The highest BCUT2D eigenvalue weighted by Crippen LogP contribution is 2.24. The number of ether oxygens (including phenoxy) is 1. The van der Waals surface area contributed by atoms with E-state index in [0.29, 0.717) is 13.2 Å². The Balaban J connectivity index is 1.82. The number of aliphatic hydroxyl groups excluding tert-OH is 1. The van der Waals surface area contributed by atoms with E-state index in [9.17, 15) is 5.11 Å². The van der Waals surface area contributed by atoms with Gasteiger partial charge < -0.3 is 15.2 Å². The maximum Gasteiger partial charge on any atom is 0.0897 e. The van der Waals surface area contributed by atoms with Gasteiger partial charge in [0, 0.05) is 13.2 Å². The van der Waals surface area contributed by atoms with Gasteiger partial charge in [0.25, 0.3) is 0 Å². The van der Waals surface area contributed by atoms with Crippen molar-refractivity contribution in [3.05, 3.63) is 0 Å². The fraction of sp³-hybridized carbons (Fsp3) is 1.00. The third-order valence-electron chi connectivity index (χ3n) is 2.99. The van der Waals surface area contributed by atoms with Gasteiger partial charge in [-0.15, -0.1) is 0 Å². The number of rotatable bonds is 9. The van der Waals surface area contributed by atoms with Gasteiger partial charge in [-0.05, 0) is 31.7 Å². The first-order valence-electron chi connectivity index (χ1n) is 6.29. The van der Waals surface area contributed by atoms with Crippen molar-refractivity contribution in [1.82, 2.24) is 5.32 Å². The van der Waals surface area contributed by atoms with Crippen molar-refractivity contribution in [2.24, 2.45) is 5.92 Å². The summed E-state index contributed by atoms with van der Waals surface area (Å²) in [5.74, 6) is 0.859. The largest absolute Gasteiger partial charge is 0.389 e. The van der Waals surface area contributed by atoms with E-state index in [2.05, 4.69) is 12.2 Å². The molecule has 1 rings (SSSR count). The first-order valence-corrected chi connectivity index (χ1v) is 6.29. The lowest BCUT2D eigenvalue weighted by atomic mass is 9.85. The highest BCUT2D eigenvalue weighted by molar-refractivity contribution is 4.72. The van der Waals surface area contributed by atoms with E-state index < -0.39 is 0 Å². The molecule has 0 bridgehead atoms. The molecule has 90 valence electrons. The van der Waals surface area contributed by atoms with Gasteiger partial charge in [-0.1, -0.05) is 19.8 Å². The van der Waals surface area contributed by atoms with Gasteiger partial charge in [0.05, 0.1) is 12.7 Å². The van der Waals surface area contributed by atoms with Crippen molar-refractivity contribution in [3.8, 4) is 0 Å². The summed E-state index contributed by atoms with van der Waals surface area (Å²) in [6, 6.07) is 0. The fourth-order valence-corrected chi connectivity index (χ4v) is 1.68. The summed E-state index contributed by atoms with van der Waals surface area (Å²) < 4.78 is 5.34. The lowest BCUT2D eigenvalue weighted by Crippen LogP contribution is -2.35. The van der Waals surface area contributed by atoms with E-state index >= 15 is 0 Å². The third-order valence-corrected chi connectivity index (χ3v) is 2.99. The van der Waals surface area contributed by atoms with E-state index in [-0.39, 0.29) is 6.10 Å². The molecule has 1 saturated carbocycles. The second-order valence-corrected chi connectivity index (χ2v) is 4.54. The number of hydrogen-bond acceptors (Lipinski definition) is 3. The normalized spacial score (nSPS) is 18.8. The minimum Gasteiger partial charge on any atom is -0.389 e. The topological polar surface area (TPSA) is 41.5 Å². The number of unbranched alkanes of at least 4 members (excludes halogenated alkanes) is 1. The van der Waals surface area contributed by atoms with E-state index in [1.54, 1.807) is 0 Å². The number of aliphatic hydroxyl groups is 1. The standard InChI is InChI=1S/C12H25NO2/c1-2-3-7-15-10-12(14)9-13-8-11-5-4-6-11/h11-14H,2-10H2,1H3. The predicted octanol–water partition coefficient (Wildman–Crippen LogP) is 1.55. The molecule has 0 aromatic carbocycles. The Bertz CT molecular complexity index is 149. The van der Waals surface area contributed by atoms with E-state index in [1.807, 2.05) is 0 Å². The van der Waals surface area contributed by atoms with Crippen molar-refractivity contribution in [1.29, 1.82) is 0 Å². The molecular weight excluding hydrogens is 190 g/mol. The van der Waals surface area contributed by atoms with Crippen LogP contribution < -0.4 is 5.32 Å². The van der Waals surface area contributed by atoms with Crippen LogP contribution in [-0.4, -0.2) is 37.5 Å². The second-order valence-electron chi connectivity index (χ2n) is 4.54. The summed E-state index contributed by atoms with van der Waals surface area (Å²) >= 11 is 0. The molecule has 1 fully saturated rings. The Morgan fingerprint density at radius 3 is 2.87 bits per heavy atom. The molecule has 1 atom stereocenters. The van der Waals surface area contributed by atoms with Crippen molar-refractivity contribution < 1.29 is 9.84 Å². The fourth-order valence-electron chi connectivity index (χ4n) is 1.68. The molecule has 0 radical (unpaired) electrons. The first kappa shape index (κ1) is 12.9. The molecule has 2 N–H and O–H groups in total. The highest BCUT2D eigenvalue weighted by Gasteiger charge is 2.16. The second kappa shape index (κ2) is 8.08. The molecule has 1 aliphatic rings. The van der Waals surface area contributed by atoms with Gasteiger partial charge in [-0.25, -0.2) is 0 Å². The summed E-state index contributed by atoms with van der Waals surface area (Å²) in [4.78, 5) is 0. The molecular formula is C12H25NO2. The Morgan fingerprint density at radius 1 is 1.47 bits per heavy atom. The van der Waals surface area contributed by atoms with Crippen LogP contribution in [0.25, 0.3) is 0 Å². The molecule has 0 saturated heterocycles. The molecule has 1 unspecified atom stereocenters. The quantitative estimate of drug-likeness (QED) is 0.573. The minimum absolute atomic E-state index is 0.345. The zero-order valence-electron chi connectivity index (χ0n) is 9.87. The SMILES string of the molecule is CCCCOCC(O)CNCC1CCC1. The van der Waals surface area contributed by atoms with Crippen molar-refractivity contribution in [3.63, 3.8) is 0 Å². The zero-order valence-corrected chi connectivity index (χ0v) is 9.87. The average molecular weight is 215 g/mol. The van der Waals surface area contributed by atoms with Gasteiger partial charge in [0.1, 0.15) is 0 Å². The predicted molar refractivity (Wildman–Crippen MR) is 61.9 cm³/mol. The molecule has 15 heavy (non-hydrogen) atoms. The summed E-state index contributed by atoms with van der Waals surface area (Å²) in [6.45, 7) is 5.11.